The highest BCUT2D eigenvalue weighted by molar-refractivity contribution is 5.74. The zero-order valence-corrected chi connectivity index (χ0v) is 14.6. The summed E-state index contributed by atoms with van der Waals surface area (Å²) in [7, 11) is 0. The Kier molecular flexibility index (Phi) is 5.41. The Balaban J connectivity index is 1.48. The molecule has 5 heteroatoms. The molecule has 0 unspecified atom stereocenters. The first-order chi connectivity index (χ1) is 11.6. The van der Waals surface area contributed by atoms with Crippen LogP contribution in [0.15, 0.2) is 30.3 Å². The van der Waals surface area contributed by atoms with Gasteiger partial charge in [-0.25, -0.2) is 4.79 Å². The summed E-state index contributed by atoms with van der Waals surface area (Å²) in [6.07, 6.45) is 3.71. The van der Waals surface area contributed by atoms with Gasteiger partial charge < -0.3 is 20.2 Å². The molecule has 132 valence electrons. The lowest BCUT2D eigenvalue weighted by atomic mass is 9.84. The molecule has 0 aliphatic carbocycles. The largest absolute Gasteiger partial charge is 0.385 e. The van der Waals surface area contributed by atoms with Gasteiger partial charge in [0.2, 0.25) is 0 Å². The average molecular weight is 331 g/mol. The van der Waals surface area contributed by atoms with Gasteiger partial charge in [-0.1, -0.05) is 30.3 Å². The lowest BCUT2D eigenvalue weighted by Crippen LogP contribution is -2.52. The van der Waals surface area contributed by atoms with Crippen molar-refractivity contribution in [2.45, 2.75) is 44.2 Å². The van der Waals surface area contributed by atoms with Crippen LogP contribution in [-0.4, -0.2) is 59.7 Å². The quantitative estimate of drug-likeness (QED) is 0.889. The van der Waals surface area contributed by atoms with Crippen LogP contribution < -0.4 is 5.32 Å². The van der Waals surface area contributed by atoms with E-state index in [0.717, 1.165) is 25.2 Å². The normalized spacial score (nSPS) is 22.3. The minimum absolute atomic E-state index is 0.00295. The molecule has 0 bridgehead atoms. The van der Waals surface area contributed by atoms with E-state index in [9.17, 15) is 9.90 Å². The number of carbonyl (C=O) groups excluding carboxylic acids is 1. The summed E-state index contributed by atoms with van der Waals surface area (Å²) in [6.45, 7) is 6.47. The third kappa shape index (κ3) is 4.08. The molecule has 2 N–H and O–H groups in total. The number of hydrogen-bond acceptors (Lipinski definition) is 3. The van der Waals surface area contributed by atoms with Crippen molar-refractivity contribution in [3.05, 3.63) is 35.9 Å². The Bertz CT molecular complexity index is 535. The van der Waals surface area contributed by atoms with Crippen LogP contribution in [-0.2, 0) is 5.60 Å². The molecule has 1 aromatic carbocycles. The SMILES string of the molecule is C[C@@H](CN1CCCC1)NC(=O)N1CCC(O)(c2ccccc2)CC1. The molecule has 1 aromatic rings. The molecule has 2 heterocycles. The fourth-order valence-electron chi connectivity index (χ4n) is 3.82. The number of benzene rings is 1. The number of piperidine rings is 1. The van der Waals surface area contributed by atoms with E-state index < -0.39 is 5.60 Å². The molecule has 0 saturated carbocycles. The van der Waals surface area contributed by atoms with Crippen molar-refractivity contribution in [3.63, 3.8) is 0 Å². The molecule has 24 heavy (non-hydrogen) atoms. The van der Waals surface area contributed by atoms with Crippen LogP contribution in [0, 0.1) is 0 Å². The van der Waals surface area contributed by atoms with Crippen LogP contribution in [0.2, 0.25) is 0 Å². The van der Waals surface area contributed by atoms with E-state index in [1.165, 1.54) is 12.8 Å². The third-order valence-electron chi connectivity index (χ3n) is 5.29. The third-order valence-corrected chi connectivity index (χ3v) is 5.29. The van der Waals surface area contributed by atoms with E-state index in [0.29, 0.717) is 25.9 Å². The number of amides is 2. The first-order valence-corrected chi connectivity index (χ1v) is 9.12. The molecule has 0 aromatic heterocycles. The van der Waals surface area contributed by atoms with Gasteiger partial charge in [-0.3, -0.25) is 0 Å². The van der Waals surface area contributed by atoms with Gasteiger partial charge in [0.25, 0.3) is 0 Å². The molecule has 0 radical (unpaired) electrons. The van der Waals surface area contributed by atoms with Crippen LogP contribution in [0.5, 0.6) is 0 Å². The number of carbonyl (C=O) groups is 1. The summed E-state index contributed by atoms with van der Waals surface area (Å²) >= 11 is 0. The molecule has 2 aliphatic heterocycles. The lowest BCUT2D eigenvalue weighted by molar-refractivity contribution is -0.0170. The molecule has 2 aliphatic rings. The maximum Gasteiger partial charge on any atom is 0.317 e. The number of aliphatic hydroxyl groups is 1. The summed E-state index contributed by atoms with van der Waals surface area (Å²) in [5.41, 5.74) is 0.145. The van der Waals surface area contributed by atoms with E-state index in [1.54, 1.807) is 0 Å². The minimum Gasteiger partial charge on any atom is -0.385 e. The number of nitrogens with zero attached hydrogens (tertiary/aromatic N) is 2. The van der Waals surface area contributed by atoms with E-state index >= 15 is 0 Å². The average Bonchev–Trinajstić information content (AvgIpc) is 3.09. The van der Waals surface area contributed by atoms with Crippen molar-refractivity contribution in [1.82, 2.24) is 15.1 Å². The predicted molar refractivity (Wildman–Crippen MR) is 94.8 cm³/mol. The highest BCUT2D eigenvalue weighted by Gasteiger charge is 2.35. The highest BCUT2D eigenvalue weighted by Crippen LogP contribution is 2.32. The predicted octanol–water partition coefficient (Wildman–Crippen LogP) is 2.16. The summed E-state index contributed by atoms with van der Waals surface area (Å²) in [5, 5.41) is 14.0. The molecular formula is C19H29N3O2. The first-order valence-electron chi connectivity index (χ1n) is 9.12. The topological polar surface area (TPSA) is 55.8 Å². The van der Waals surface area contributed by atoms with Crippen molar-refractivity contribution in [2.24, 2.45) is 0 Å². The molecule has 2 saturated heterocycles. The van der Waals surface area contributed by atoms with Gasteiger partial charge in [0, 0.05) is 25.7 Å². The van der Waals surface area contributed by atoms with Gasteiger partial charge in [-0.2, -0.15) is 0 Å². The number of nitrogens with one attached hydrogen (secondary N) is 1. The molecule has 2 fully saturated rings. The van der Waals surface area contributed by atoms with Crippen LogP contribution in [0.3, 0.4) is 0 Å². The van der Waals surface area contributed by atoms with Crippen LogP contribution >= 0.6 is 0 Å². The second-order valence-electron chi connectivity index (χ2n) is 7.24. The van der Waals surface area contributed by atoms with Crippen LogP contribution in [0.1, 0.15) is 38.2 Å². The van der Waals surface area contributed by atoms with Gasteiger partial charge in [-0.05, 0) is 51.3 Å². The van der Waals surface area contributed by atoms with Gasteiger partial charge in [0.1, 0.15) is 0 Å². The van der Waals surface area contributed by atoms with Gasteiger partial charge in [-0.15, -0.1) is 0 Å². The second kappa shape index (κ2) is 7.53. The maximum absolute atomic E-state index is 12.4. The van der Waals surface area contributed by atoms with Gasteiger partial charge in [0.15, 0.2) is 0 Å². The first kappa shape index (κ1) is 17.2. The Morgan fingerprint density at radius 2 is 1.79 bits per heavy atom. The molecule has 1 atom stereocenters. The monoisotopic (exact) mass is 331 g/mol. The van der Waals surface area contributed by atoms with E-state index in [4.69, 9.17) is 0 Å². The Hall–Kier alpha value is -1.59. The Labute approximate surface area is 144 Å². The van der Waals surface area contributed by atoms with Crippen LogP contribution in [0.25, 0.3) is 0 Å². The van der Waals surface area contributed by atoms with Gasteiger partial charge >= 0.3 is 6.03 Å². The van der Waals surface area contributed by atoms with Crippen molar-refractivity contribution in [3.8, 4) is 0 Å². The Morgan fingerprint density at radius 1 is 1.17 bits per heavy atom. The summed E-state index contributed by atoms with van der Waals surface area (Å²) < 4.78 is 0. The highest BCUT2D eigenvalue weighted by atomic mass is 16.3. The van der Waals surface area contributed by atoms with E-state index in [-0.39, 0.29) is 12.1 Å². The molecule has 5 nitrogen and oxygen atoms in total. The lowest BCUT2D eigenvalue weighted by Gasteiger charge is -2.39. The summed E-state index contributed by atoms with van der Waals surface area (Å²) in [5.74, 6) is 0. The molecule has 2 amide bonds. The second-order valence-corrected chi connectivity index (χ2v) is 7.24. The van der Waals surface area contributed by atoms with Gasteiger partial charge in [0.05, 0.1) is 5.60 Å². The van der Waals surface area contributed by atoms with Crippen molar-refractivity contribution >= 4 is 6.03 Å². The smallest absolute Gasteiger partial charge is 0.317 e. The standard InChI is InChI=1S/C19H29N3O2/c1-16(15-21-11-5-6-12-21)20-18(23)22-13-9-19(24,10-14-22)17-7-3-2-4-8-17/h2-4,7-8,16,24H,5-6,9-15H2,1H3,(H,20,23)/t16-/m0/s1. The maximum atomic E-state index is 12.4. The number of hydrogen-bond donors (Lipinski definition) is 2. The fraction of sp³-hybridized carbons (Fsp3) is 0.632. The zero-order valence-electron chi connectivity index (χ0n) is 14.6. The van der Waals surface area contributed by atoms with Crippen molar-refractivity contribution in [2.75, 3.05) is 32.7 Å². The van der Waals surface area contributed by atoms with E-state index in [1.807, 2.05) is 35.2 Å². The number of rotatable bonds is 4. The summed E-state index contributed by atoms with van der Waals surface area (Å²) in [6, 6.07) is 9.94. The molecule has 3 rings (SSSR count). The molecule has 0 spiro atoms. The zero-order chi connectivity index (χ0) is 17.0. The molecular weight excluding hydrogens is 302 g/mol. The van der Waals surface area contributed by atoms with E-state index in [2.05, 4.69) is 17.1 Å². The number of likely N-dealkylation sites (tertiary alicyclic amines) is 2. The minimum atomic E-state index is -0.806. The van der Waals surface area contributed by atoms with Crippen LogP contribution in [0.4, 0.5) is 4.79 Å². The van der Waals surface area contributed by atoms with Crippen molar-refractivity contribution < 1.29 is 9.90 Å². The summed E-state index contributed by atoms with van der Waals surface area (Å²) in [4.78, 5) is 16.7. The van der Waals surface area contributed by atoms with Crippen molar-refractivity contribution in [1.29, 1.82) is 0 Å². The number of urea groups is 1. The fourth-order valence-corrected chi connectivity index (χ4v) is 3.82. The Morgan fingerprint density at radius 3 is 2.42 bits per heavy atom.